The SMILES string of the molecule is CCC(N)=NCc1ncc(CC)s1. The first-order chi connectivity index (χ1) is 6.26. The van der Waals surface area contributed by atoms with Crippen molar-refractivity contribution in [2.24, 2.45) is 10.7 Å². The van der Waals surface area contributed by atoms with E-state index in [9.17, 15) is 0 Å². The van der Waals surface area contributed by atoms with Crippen LogP contribution in [-0.2, 0) is 13.0 Å². The van der Waals surface area contributed by atoms with E-state index in [2.05, 4.69) is 16.9 Å². The number of aliphatic imine (C=N–C) groups is 1. The highest BCUT2D eigenvalue weighted by Gasteiger charge is 1.98. The van der Waals surface area contributed by atoms with Crippen molar-refractivity contribution in [3.05, 3.63) is 16.1 Å². The van der Waals surface area contributed by atoms with Gasteiger partial charge in [-0.15, -0.1) is 11.3 Å². The lowest BCUT2D eigenvalue weighted by atomic mass is 10.4. The quantitative estimate of drug-likeness (QED) is 0.592. The van der Waals surface area contributed by atoms with Gasteiger partial charge in [0.2, 0.25) is 0 Å². The number of nitrogens with zero attached hydrogens (tertiary/aromatic N) is 2. The van der Waals surface area contributed by atoms with Crippen molar-refractivity contribution in [3.63, 3.8) is 0 Å². The van der Waals surface area contributed by atoms with Gasteiger partial charge in [-0.1, -0.05) is 13.8 Å². The van der Waals surface area contributed by atoms with Crippen molar-refractivity contribution in [2.75, 3.05) is 0 Å². The first-order valence-electron chi connectivity index (χ1n) is 4.48. The number of hydrogen-bond donors (Lipinski definition) is 1. The zero-order valence-corrected chi connectivity index (χ0v) is 8.90. The average molecular weight is 197 g/mol. The van der Waals surface area contributed by atoms with Crippen LogP contribution in [0.3, 0.4) is 0 Å². The Bertz CT molecular complexity index is 291. The highest BCUT2D eigenvalue weighted by molar-refractivity contribution is 7.11. The van der Waals surface area contributed by atoms with E-state index < -0.39 is 0 Å². The summed E-state index contributed by atoms with van der Waals surface area (Å²) in [6, 6.07) is 0. The molecule has 13 heavy (non-hydrogen) atoms. The van der Waals surface area contributed by atoms with Crippen LogP contribution in [0.2, 0.25) is 0 Å². The molecule has 0 aliphatic carbocycles. The van der Waals surface area contributed by atoms with Crippen LogP contribution >= 0.6 is 11.3 Å². The van der Waals surface area contributed by atoms with Gasteiger partial charge in [-0.25, -0.2) is 4.98 Å². The normalized spacial score (nSPS) is 12.0. The second-order valence-electron chi connectivity index (χ2n) is 2.73. The van der Waals surface area contributed by atoms with Crippen LogP contribution in [-0.4, -0.2) is 10.8 Å². The van der Waals surface area contributed by atoms with Gasteiger partial charge in [0.1, 0.15) is 5.01 Å². The lowest BCUT2D eigenvalue weighted by Crippen LogP contribution is -2.09. The van der Waals surface area contributed by atoms with E-state index in [1.54, 1.807) is 11.3 Å². The monoisotopic (exact) mass is 197 g/mol. The van der Waals surface area contributed by atoms with Gasteiger partial charge < -0.3 is 5.73 Å². The summed E-state index contributed by atoms with van der Waals surface area (Å²) < 4.78 is 0. The number of amidine groups is 1. The van der Waals surface area contributed by atoms with Gasteiger partial charge >= 0.3 is 0 Å². The van der Waals surface area contributed by atoms with E-state index >= 15 is 0 Å². The summed E-state index contributed by atoms with van der Waals surface area (Å²) in [6.45, 7) is 4.75. The fraction of sp³-hybridized carbons (Fsp3) is 0.556. The molecule has 0 atom stereocenters. The maximum Gasteiger partial charge on any atom is 0.114 e. The summed E-state index contributed by atoms with van der Waals surface area (Å²) in [5.74, 6) is 0.702. The molecule has 1 heterocycles. The third kappa shape index (κ3) is 3.14. The Morgan fingerprint density at radius 1 is 1.62 bits per heavy atom. The van der Waals surface area contributed by atoms with Crippen LogP contribution in [0.25, 0.3) is 0 Å². The number of rotatable bonds is 4. The smallest absolute Gasteiger partial charge is 0.114 e. The molecule has 0 aliphatic heterocycles. The van der Waals surface area contributed by atoms with Crippen LogP contribution in [0.1, 0.15) is 30.2 Å². The average Bonchev–Trinajstić information content (AvgIpc) is 2.61. The Morgan fingerprint density at radius 3 is 2.92 bits per heavy atom. The molecule has 0 aromatic carbocycles. The zero-order valence-electron chi connectivity index (χ0n) is 8.08. The molecule has 3 nitrogen and oxygen atoms in total. The molecule has 1 aromatic heterocycles. The molecule has 1 aromatic rings. The summed E-state index contributed by atoms with van der Waals surface area (Å²) in [6.07, 6.45) is 3.77. The molecule has 2 N–H and O–H groups in total. The molecular formula is C9H15N3S. The van der Waals surface area contributed by atoms with Crippen molar-refractivity contribution >= 4 is 17.2 Å². The summed E-state index contributed by atoms with van der Waals surface area (Å²) in [5.41, 5.74) is 5.59. The van der Waals surface area contributed by atoms with Gasteiger partial charge in [0, 0.05) is 17.5 Å². The second-order valence-corrected chi connectivity index (χ2v) is 3.93. The topological polar surface area (TPSA) is 51.3 Å². The van der Waals surface area contributed by atoms with Gasteiger partial charge in [-0.2, -0.15) is 0 Å². The number of aryl methyl sites for hydroxylation is 1. The zero-order chi connectivity index (χ0) is 9.68. The fourth-order valence-electron chi connectivity index (χ4n) is 0.866. The van der Waals surface area contributed by atoms with Crippen molar-refractivity contribution in [3.8, 4) is 0 Å². The van der Waals surface area contributed by atoms with Crippen molar-refractivity contribution in [1.29, 1.82) is 0 Å². The highest BCUT2D eigenvalue weighted by atomic mass is 32.1. The molecule has 0 saturated heterocycles. The third-order valence-corrected chi connectivity index (χ3v) is 2.86. The Balaban J connectivity index is 2.54. The molecule has 0 amide bonds. The number of aromatic nitrogens is 1. The summed E-state index contributed by atoms with van der Waals surface area (Å²) in [7, 11) is 0. The first-order valence-corrected chi connectivity index (χ1v) is 5.30. The van der Waals surface area contributed by atoms with E-state index in [-0.39, 0.29) is 0 Å². The van der Waals surface area contributed by atoms with Gasteiger partial charge in [0.05, 0.1) is 12.4 Å². The molecule has 0 fully saturated rings. The Kier molecular flexibility index (Phi) is 3.89. The molecular weight excluding hydrogens is 182 g/mol. The maximum absolute atomic E-state index is 5.59. The minimum absolute atomic E-state index is 0.629. The van der Waals surface area contributed by atoms with E-state index in [0.29, 0.717) is 12.4 Å². The fourth-order valence-corrected chi connectivity index (χ4v) is 1.65. The standard InChI is InChI=1S/C9H15N3S/c1-3-7-5-12-9(13-7)6-11-8(10)4-2/h5H,3-4,6H2,1-2H3,(H2,10,11). The summed E-state index contributed by atoms with van der Waals surface area (Å²) in [5, 5.41) is 1.05. The minimum atomic E-state index is 0.629. The molecule has 0 aliphatic rings. The Labute approximate surface area is 82.7 Å². The summed E-state index contributed by atoms with van der Waals surface area (Å²) >= 11 is 1.71. The third-order valence-electron chi connectivity index (χ3n) is 1.73. The largest absolute Gasteiger partial charge is 0.387 e. The predicted molar refractivity (Wildman–Crippen MR) is 57.1 cm³/mol. The van der Waals surface area contributed by atoms with Crippen LogP contribution in [0, 0.1) is 0 Å². The van der Waals surface area contributed by atoms with Crippen molar-refractivity contribution < 1.29 is 0 Å². The molecule has 0 unspecified atom stereocenters. The van der Waals surface area contributed by atoms with Crippen molar-refractivity contribution in [1.82, 2.24) is 4.98 Å². The lowest BCUT2D eigenvalue weighted by molar-refractivity contribution is 1.01. The molecule has 72 valence electrons. The number of thiazole rings is 1. The first kappa shape index (κ1) is 10.2. The van der Waals surface area contributed by atoms with E-state index in [4.69, 9.17) is 5.73 Å². The molecule has 0 radical (unpaired) electrons. The Morgan fingerprint density at radius 2 is 2.38 bits per heavy atom. The van der Waals surface area contributed by atoms with Crippen LogP contribution in [0.4, 0.5) is 0 Å². The van der Waals surface area contributed by atoms with Crippen LogP contribution in [0.5, 0.6) is 0 Å². The number of nitrogens with two attached hydrogens (primary N) is 1. The van der Waals surface area contributed by atoms with E-state index in [1.807, 2.05) is 13.1 Å². The van der Waals surface area contributed by atoms with Crippen LogP contribution in [0.15, 0.2) is 11.2 Å². The summed E-state index contributed by atoms with van der Waals surface area (Å²) in [4.78, 5) is 9.76. The van der Waals surface area contributed by atoms with Gasteiger partial charge in [0.25, 0.3) is 0 Å². The Hall–Kier alpha value is -0.900. The van der Waals surface area contributed by atoms with E-state index in [1.165, 1.54) is 4.88 Å². The van der Waals surface area contributed by atoms with E-state index in [0.717, 1.165) is 17.8 Å². The van der Waals surface area contributed by atoms with Gasteiger partial charge in [-0.3, -0.25) is 4.99 Å². The molecule has 0 bridgehead atoms. The van der Waals surface area contributed by atoms with Crippen LogP contribution < -0.4 is 5.73 Å². The molecule has 0 saturated carbocycles. The second kappa shape index (κ2) is 4.97. The molecule has 1 rings (SSSR count). The lowest BCUT2D eigenvalue weighted by Gasteiger charge is -1.93. The number of hydrogen-bond acceptors (Lipinski definition) is 3. The van der Waals surface area contributed by atoms with Crippen molar-refractivity contribution in [2.45, 2.75) is 33.2 Å². The maximum atomic E-state index is 5.59. The molecule has 0 spiro atoms. The highest BCUT2D eigenvalue weighted by Crippen LogP contribution is 2.13. The minimum Gasteiger partial charge on any atom is -0.387 e. The molecule has 4 heteroatoms. The van der Waals surface area contributed by atoms with Gasteiger partial charge in [-0.05, 0) is 6.42 Å². The van der Waals surface area contributed by atoms with Gasteiger partial charge in [0.15, 0.2) is 0 Å². The predicted octanol–water partition coefficient (Wildman–Crippen LogP) is 1.97.